The maximum atomic E-state index is 6.51. The first-order valence-corrected chi connectivity index (χ1v) is 11.7. The van der Waals surface area contributed by atoms with E-state index in [4.69, 9.17) is 21.1 Å². The number of hydrogen-bond donors (Lipinski definition) is 0. The quantitative estimate of drug-likeness (QED) is 0.258. The number of ether oxygens (including phenoxy) is 2. The molecule has 0 fully saturated rings. The van der Waals surface area contributed by atoms with E-state index in [0.717, 1.165) is 16.9 Å². The van der Waals surface area contributed by atoms with Crippen molar-refractivity contribution in [2.45, 2.75) is 5.41 Å². The second kappa shape index (κ2) is 7.24. The minimum absolute atomic E-state index is 0.471. The summed E-state index contributed by atoms with van der Waals surface area (Å²) in [6.45, 7) is 0. The van der Waals surface area contributed by atoms with Crippen LogP contribution in [-0.4, -0.2) is 0 Å². The molecule has 1 aliphatic heterocycles. The van der Waals surface area contributed by atoms with Crippen LogP contribution in [0.25, 0.3) is 11.1 Å². The van der Waals surface area contributed by atoms with Gasteiger partial charge in [-0.05, 0) is 46.0 Å². The molecule has 0 bridgehead atoms. The van der Waals surface area contributed by atoms with Crippen LogP contribution in [0.15, 0.2) is 115 Å². The topological polar surface area (TPSA) is 18.5 Å². The van der Waals surface area contributed by atoms with E-state index >= 15 is 0 Å². The lowest BCUT2D eigenvalue weighted by molar-refractivity contribution is 0.360. The van der Waals surface area contributed by atoms with Gasteiger partial charge in [0.15, 0.2) is 23.0 Å². The molecule has 7 rings (SSSR count). The molecule has 0 aromatic heterocycles. The smallest absolute Gasteiger partial charge is 0.188 e. The summed E-state index contributed by atoms with van der Waals surface area (Å²) in [4.78, 5) is 0. The molecule has 5 aromatic rings. The number of rotatable bonds is 2. The lowest BCUT2D eigenvalue weighted by atomic mass is 9.68. The van der Waals surface area contributed by atoms with Crippen LogP contribution in [0.1, 0.15) is 22.3 Å². The Balaban J connectivity index is 1.59. The summed E-state index contributed by atoms with van der Waals surface area (Å²) in [5.74, 6) is 2.59. The molecule has 2 aliphatic rings. The zero-order chi connectivity index (χ0) is 22.7. The van der Waals surface area contributed by atoms with Gasteiger partial charge in [-0.3, -0.25) is 0 Å². The lowest BCUT2D eigenvalue weighted by Gasteiger charge is -2.34. The lowest BCUT2D eigenvalue weighted by Crippen LogP contribution is -2.28. The molecule has 0 spiro atoms. The fourth-order valence-electron chi connectivity index (χ4n) is 5.55. The van der Waals surface area contributed by atoms with Gasteiger partial charge in [0.1, 0.15) is 0 Å². The van der Waals surface area contributed by atoms with Gasteiger partial charge in [0.25, 0.3) is 0 Å². The monoisotopic (exact) mass is 458 g/mol. The average Bonchev–Trinajstić information content (AvgIpc) is 3.21. The Morgan fingerprint density at radius 1 is 0.500 bits per heavy atom. The summed E-state index contributed by atoms with van der Waals surface area (Å²) in [5, 5.41) is 0.534. The summed E-state index contributed by atoms with van der Waals surface area (Å²) in [5.41, 5.74) is 6.58. The van der Waals surface area contributed by atoms with Crippen molar-refractivity contribution >= 4 is 11.6 Å². The van der Waals surface area contributed by atoms with Crippen LogP contribution in [0, 0.1) is 0 Å². The normalized spacial score (nSPS) is 14.1. The van der Waals surface area contributed by atoms with E-state index in [1.54, 1.807) is 0 Å². The van der Waals surface area contributed by atoms with Crippen molar-refractivity contribution < 1.29 is 9.47 Å². The standard InChI is InChI=1S/C31H19ClO2/c32-25-16-9-17-26-29(25)33-27-19-18-24-28(30(27)34-26)22-14-7-8-15-23(22)31(24,20-10-3-1-4-11-20)21-12-5-2-6-13-21/h1-19H. The summed E-state index contributed by atoms with van der Waals surface area (Å²) in [6, 6.07) is 39.8. The van der Waals surface area contributed by atoms with Crippen LogP contribution in [0.2, 0.25) is 5.02 Å². The summed E-state index contributed by atoms with van der Waals surface area (Å²) < 4.78 is 12.8. The minimum Gasteiger partial charge on any atom is -0.449 e. The predicted molar refractivity (Wildman–Crippen MR) is 135 cm³/mol. The number of hydrogen-bond acceptors (Lipinski definition) is 2. The Bertz CT molecular complexity index is 1520. The van der Waals surface area contributed by atoms with Crippen LogP contribution < -0.4 is 9.47 Å². The van der Waals surface area contributed by atoms with Gasteiger partial charge in [-0.2, -0.15) is 0 Å². The number of halogens is 1. The molecule has 3 heteroatoms. The van der Waals surface area contributed by atoms with Gasteiger partial charge in [0, 0.05) is 5.56 Å². The molecule has 0 amide bonds. The van der Waals surface area contributed by atoms with E-state index < -0.39 is 5.41 Å². The maximum Gasteiger partial charge on any atom is 0.188 e. The van der Waals surface area contributed by atoms with Crippen molar-refractivity contribution in [3.8, 4) is 34.1 Å². The summed E-state index contributed by atoms with van der Waals surface area (Å²) in [6.07, 6.45) is 0. The largest absolute Gasteiger partial charge is 0.449 e. The minimum atomic E-state index is -0.471. The molecule has 1 heterocycles. The van der Waals surface area contributed by atoms with E-state index in [1.165, 1.54) is 22.3 Å². The number of fused-ring (bicyclic) bond motifs is 6. The highest BCUT2D eigenvalue weighted by Crippen LogP contribution is 2.62. The molecule has 0 saturated heterocycles. The van der Waals surface area contributed by atoms with Crippen LogP contribution in [0.4, 0.5) is 0 Å². The molecule has 0 radical (unpaired) electrons. The first kappa shape index (κ1) is 19.5. The molecule has 0 saturated carbocycles. The van der Waals surface area contributed by atoms with Crippen molar-refractivity contribution in [2.75, 3.05) is 0 Å². The van der Waals surface area contributed by atoms with Crippen molar-refractivity contribution in [3.05, 3.63) is 143 Å². The van der Waals surface area contributed by atoms with Gasteiger partial charge in [0.2, 0.25) is 0 Å². The number of para-hydroxylation sites is 1. The first-order valence-electron chi connectivity index (χ1n) is 11.3. The fourth-order valence-corrected chi connectivity index (χ4v) is 5.76. The number of benzene rings is 5. The molecular weight excluding hydrogens is 440 g/mol. The third-order valence-electron chi connectivity index (χ3n) is 6.89. The van der Waals surface area contributed by atoms with Gasteiger partial charge in [-0.1, -0.05) is 109 Å². The van der Waals surface area contributed by atoms with E-state index in [2.05, 4.69) is 91.0 Å². The highest BCUT2D eigenvalue weighted by molar-refractivity contribution is 6.32. The van der Waals surface area contributed by atoms with Crippen molar-refractivity contribution in [2.24, 2.45) is 0 Å². The predicted octanol–water partition coefficient (Wildman–Crippen LogP) is 8.60. The molecule has 5 aromatic carbocycles. The van der Waals surface area contributed by atoms with Crippen molar-refractivity contribution in [3.63, 3.8) is 0 Å². The zero-order valence-corrected chi connectivity index (χ0v) is 18.9. The molecule has 0 N–H and O–H groups in total. The van der Waals surface area contributed by atoms with Crippen molar-refractivity contribution in [1.82, 2.24) is 0 Å². The fraction of sp³-hybridized carbons (Fsp3) is 0.0323. The first-order chi connectivity index (χ1) is 16.8. The van der Waals surface area contributed by atoms with Crippen LogP contribution in [0.3, 0.4) is 0 Å². The Hall–Kier alpha value is -4.01. The third kappa shape index (κ3) is 2.52. The Morgan fingerprint density at radius 3 is 1.85 bits per heavy atom. The van der Waals surface area contributed by atoms with Gasteiger partial charge in [-0.25, -0.2) is 0 Å². The molecule has 0 atom stereocenters. The van der Waals surface area contributed by atoms with E-state index in [1.807, 2.05) is 24.3 Å². The molecule has 0 unspecified atom stereocenters. The molecular formula is C31H19ClO2. The average molecular weight is 459 g/mol. The Kier molecular flexibility index (Phi) is 4.15. The van der Waals surface area contributed by atoms with Crippen LogP contribution >= 0.6 is 11.6 Å². The SMILES string of the molecule is Clc1cccc2c1Oc1ccc3c(c1O2)-c1ccccc1C3(c1ccccc1)c1ccccc1. The van der Waals surface area contributed by atoms with Gasteiger partial charge >= 0.3 is 0 Å². The van der Waals surface area contributed by atoms with E-state index in [0.29, 0.717) is 22.3 Å². The second-order valence-electron chi connectivity index (χ2n) is 8.61. The third-order valence-corrected chi connectivity index (χ3v) is 7.19. The zero-order valence-electron chi connectivity index (χ0n) is 18.2. The maximum absolute atomic E-state index is 6.51. The van der Waals surface area contributed by atoms with E-state index in [9.17, 15) is 0 Å². The van der Waals surface area contributed by atoms with Crippen LogP contribution in [0.5, 0.6) is 23.0 Å². The summed E-state index contributed by atoms with van der Waals surface area (Å²) >= 11 is 6.41. The highest BCUT2D eigenvalue weighted by Gasteiger charge is 2.48. The van der Waals surface area contributed by atoms with Gasteiger partial charge < -0.3 is 9.47 Å². The van der Waals surface area contributed by atoms with E-state index in [-0.39, 0.29) is 0 Å². The molecule has 34 heavy (non-hydrogen) atoms. The molecule has 162 valence electrons. The van der Waals surface area contributed by atoms with Crippen LogP contribution in [-0.2, 0) is 5.41 Å². The second-order valence-corrected chi connectivity index (χ2v) is 9.02. The van der Waals surface area contributed by atoms with Gasteiger partial charge in [-0.15, -0.1) is 0 Å². The Morgan fingerprint density at radius 2 is 1.12 bits per heavy atom. The summed E-state index contributed by atoms with van der Waals surface area (Å²) in [7, 11) is 0. The van der Waals surface area contributed by atoms with Crippen molar-refractivity contribution in [1.29, 1.82) is 0 Å². The molecule has 1 aliphatic carbocycles. The Labute approximate surface area is 203 Å². The highest BCUT2D eigenvalue weighted by atomic mass is 35.5. The molecule has 2 nitrogen and oxygen atoms in total. The van der Waals surface area contributed by atoms with Gasteiger partial charge in [0.05, 0.1) is 10.4 Å².